The molecule has 3 aromatic rings. The monoisotopic (exact) mass is 405 g/mol. The molecular weight excluding hydrogens is 383 g/mol. The summed E-state index contributed by atoms with van der Waals surface area (Å²) in [4.78, 5) is 16.7. The van der Waals surface area contributed by atoms with E-state index in [0.717, 1.165) is 47.2 Å². The molecule has 0 aliphatic heterocycles. The molecular formula is C21H22F3N3O2. The summed E-state index contributed by atoms with van der Waals surface area (Å²) in [6, 6.07) is 7.56. The zero-order valence-corrected chi connectivity index (χ0v) is 16.3. The van der Waals surface area contributed by atoms with Gasteiger partial charge in [0.05, 0.1) is 17.6 Å². The predicted molar refractivity (Wildman–Crippen MR) is 104 cm³/mol. The first-order valence-electron chi connectivity index (χ1n) is 9.61. The van der Waals surface area contributed by atoms with Crippen molar-refractivity contribution in [2.24, 2.45) is 7.05 Å². The number of alkyl halides is 3. The molecule has 2 heterocycles. The zero-order valence-electron chi connectivity index (χ0n) is 16.3. The van der Waals surface area contributed by atoms with Gasteiger partial charge in [-0.3, -0.25) is 9.53 Å². The number of rotatable bonds is 5. The Morgan fingerprint density at radius 1 is 1.21 bits per heavy atom. The summed E-state index contributed by atoms with van der Waals surface area (Å²) in [5.41, 5.74) is 3.86. The number of hydrogen-bond donors (Lipinski definition) is 0. The summed E-state index contributed by atoms with van der Waals surface area (Å²) in [5.74, 6) is 1.10. The Balaban J connectivity index is 1.76. The van der Waals surface area contributed by atoms with Gasteiger partial charge >= 0.3 is 6.36 Å². The molecule has 0 bridgehead atoms. The number of ether oxygens (including phenoxy) is 1. The summed E-state index contributed by atoms with van der Waals surface area (Å²) in [5, 5.41) is 0. The molecule has 1 fully saturated rings. The fourth-order valence-electron chi connectivity index (χ4n) is 3.82. The standard InChI is InChI=1S/C21H22F3N3O2/c1-13-10-16(12-26(2)20(13)28)15-6-7-17-18(11-15)27(8-9-29-21(22,23)24)19(25-17)14-4-3-5-14/h6-7,10-12,14H,3-5,8-9H2,1-2H3. The van der Waals surface area contributed by atoms with Crippen LogP contribution in [-0.2, 0) is 18.3 Å². The van der Waals surface area contributed by atoms with Gasteiger partial charge in [-0.05, 0) is 49.1 Å². The molecule has 8 heteroatoms. The van der Waals surface area contributed by atoms with Crippen molar-refractivity contribution in [3.63, 3.8) is 0 Å². The average molecular weight is 405 g/mol. The minimum atomic E-state index is -4.65. The number of benzene rings is 1. The number of hydrogen-bond acceptors (Lipinski definition) is 3. The van der Waals surface area contributed by atoms with Crippen LogP contribution in [0.3, 0.4) is 0 Å². The fraction of sp³-hybridized carbons (Fsp3) is 0.429. The second kappa shape index (κ2) is 7.33. The Kier molecular flexibility index (Phi) is 4.98. The number of pyridine rings is 1. The van der Waals surface area contributed by atoms with Gasteiger partial charge in [0.2, 0.25) is 0 Å². The molecule has 2 aromatic heterocycles. The van der Waals surface area contributed by atoms with E-state index in [9.17, 15) is 18.0 Å². The van der Waals surface area contributed by atoms with Gasteiger partial charge in [0, 0.05) is 31.3 Å². The van der Waals surface area contributed by atoms with E-state index in [-0.39, 0.29) is 18.0 Å². The van der Waals surface area contributed by atoms with Gasteiger partial charge in [-0.2, -0.15) is 0 Å². The largest absolute Gasteiger partial charge is 0.522 e. The van der Waals surface area contributed by atoms with Gasteiger partial charge in [-0.15, -0.1) is 13.2 Å². The molecule has 29 heavy (non-hydrogen) atoms. The van der Waals surface area contributed by atoms with Crippen molar-refractivity contribution in [1.82, 2.24) is 14.1 Å². The van der Waals surface area contributed by atoms with Gasteiger partial charge in [-0.1, -0.05) is 12.5 Å². The van der Waals surface area contributed by atoms with Crippen LogP contribution >= 0.6 is 0 Å². The smallest absolute Gasteiger partial charge is 0.325 e. The van der Waals surface area contributed by atoms with Crippen LogP contribution < -0.4 is 5.56 Å². The molecule has 4 rings (SSSR count). The Bertz CT molecular complexity index is 1080. The summed E-state index contributed by atoms with van der Waals surface area (Å²) < 4.78 is 44.8. The van der Waals surface area contributed by atoms with Crippen molar-refractivity contribution in [2.45, 2.75) is 45.0 Å². The summed E-state index contributed by atoms with van der Waals surface area (Å²) >= 11 is 0. The van der Waals surface area contributed by atoms with Crippen LogP contribution in [0.5, 0.6) is 0 Å². The lowest BCUT2D eigenvalue weighted by Crippen LogP contribution is -2.20. The lowest BCUT2D eigenvalue weighted by Gasteiger charge is -2.25. The average Bonchev–Trinajstić information content (AvgIpc) is 2.94. The highest BCUT2D eigenvalue weighted by Crippen LogP contribution is 2.38. The van der Waals surface area contributed by atoms with Crippen molar-refractivity contribution in [3.05, 3.63) is 52.2 Å². The van der Waals surface area contributed by atoms with Crippen LogP contribution in [0.1, 0.15) is 36.6 Å². The Morgan fingerprint density at radius 3 is 2.59 bits per heavy atom. The first kappa shape index (κ1) is 19.7. The molecule has 1 aliphatic carbocycles. The number of aryl methyl sites for hydroxylation is 2. The van der Waals surface area contributed by atoms with E-state index in [2.05, 4.69) is 4.74 Å². The number of imidazole rings is 1. The van der Waals surface area contributed by atoms with E-state index < -0.39 is 13.0 Å². The number of fused-ring (bicyclic) bond motifs is 1. The molecule has 1 aliphatic rings. The van der Waals surface area contributed by atoms with Crippen molar-refractivity contribution >= 4 is 11.0 Å². The molecule has 154 valence electrons. The summed E-state index contributed by atoms with van der Waals surface area (Å²) in [6.45, 7) is 1.38. The molecule has 1 aromatic carbocycles. The molecule has 0 amide bonds. The maximum Gasteiger partial charge on any atom is 0.522 e. The lowest BCUT2D eigenvalue weighted by molar-refractivity contribution is -0.325. The maximum absolute atomic E-state index is 12.5. The van der Waals surface area contributed by atoms with Gasteiger partial charge in [0.25, 0.3) is 5.56 Å². The topological polar surface area (TPSA) is 49.0 Å². The highest BCUT2D eigenvalue weighted by atomic mass is 19.4. The molecule has 0 N–H and O–H groups in total. The van der Waals surface area contributed by atoms with Gasteiger partial charge in [-0.25, -0.2) is 4.98 Å². The maximum atomic E-state index is 12.5. The van der Waals surface area contributed by atoms with Crippen LogP contribution in [0.15, 0.2) is 35.3 Å². The van der Waals surface area contributed by atoms with Crippen molar-refractivity contribution in [2.75, 3.05) is 6.61 Å². The van der Waals surface area contributed by atoms with Crippen molar-refractivity contribution in [1.29, 1.82) is 0 Å². The van der Waals surface area contributed by atoms with E-state index in [1.165, 1.54) is 4.57 Å². The summed E-state index contributed by atoms with van der Waals surface area (Å²) in [6.07, 6.45) is 0.212. The molecule has 0 radical (unpaired) electrons. The van der Waals surface area contributed by atoms with Crippen LogP contribution in [0.25, 0.3) is 22.2 Å². The van der Waals surface area contributed by atoms with Crippen LogP contribution in [0.4, 0.5) is 13.2 Å². The SMILES string of the molecule is Cc1cc(-c2ccc3nc(C4CCC4)n(CCOC(F)(F)F)c3c2)cn(C)c1=O. The third kappa shape index (κ3) is 3.94. The first-order chi connectivity index (χ1) is 13.7. The quantitative estimate of drug-likeness (QED) is 0.627. The minimum Gasteiger partial charge on any atom is -0.325 e. The van der Waals surface area contributed by atoms with Crippen molar-refractivity contribution < 1.29 is 17.9 Å². The molecule has 0 unspecified atom stereocenters. The molecule has 5 nitrogen and oxygen atoms in total. The van der Waals surface area contributed by atoms with E-state index >= 15 is 0 Å². The minimum absolute atomic E-state index is 0.0589. The van der Waals surface area contributed by atoms with E-state index in [4.69, 9.17) is 4.98 Å². The fourth-order valence-corrected chi connectivity index (χ4v) is 3.82. The van der Waals surface area contributed by atoms with Gasteiger partial charge in [0.1, 0.15) is 5.82 Å². The molecule has 0 atom stereocenters. The molecule has 0 spiro atoms. The third-order valence-electron chi connectivity index (χ3n) is 5.52. The van der Waals surface area contributed by atoms with E-state index in [1.54, 1.807) is 20.2 Å². The van der Waals surface area contributed by atoms with Crippen LogP contribution in [0, 0.1) is 6.92 Å². The van der Waals surface area contributed by atoms with E-state index in [1.807, 2.05) is 28.8 Å². The Labute approximate surface area is 165 Å². The van der Waals surface area contributed by atoms with Gasteiger partial charge < -0.3 is 9.13 Å². The summed E-state index contributed by atoms with van der Waals surface area (Å²) in [7, 11) is 1.70. The highest BCUT2D eigenvalue weighted by molar-refractivity contribution is 5.82. The van der Waals surface area contributed by atoms with Gasteiger partial charge in [0.15, 0.2) is 0 Å². The first-order valence-corrected chi connectivity index (χ1v) is 9.61. The second-order valence-corrected chi connectivity index (χ2v) is 7.58. The lowest BCUT2D eigenvalue weighted by atomic mass is 9.85. The van der Waals surface area contributed by atoms with Crippen molar-refractivity contribution in [3.8, 4) is 11.1 Å². The third-order valence-corrected chi connectivity index (χ3v) is 5.52. The number of nitrogens with zero attached hydrogens (tertiary/aromatic N) is 3. The highest BCUT2D eigenvalue weighted by Gasteiger charge is 2.30. The number of halogens is 3. The molecule has 1 saturated carbocycles. The predicted octanol–water partition coefficient (Wildman–Crippen LogP) is 4.51. The Hall–Kier alpha value is -2.61. The van der Waals surface area contributed by atoms with Crippen LogP contribution in [0.2, 0.25) is 0 Å². The zero-order chi connectivity index (χ0) is 20.8. The molecule has 0 saturated heterocycles. The Morgan fingerprint density at radius 2 is 1.97 bits per heavy atom. The number of aromatic nitrogens is 3. The van der Waals surface area contributed by atoms with Crippen LogP contribution in [-0.4, -0.2) is 27.1 Å². The second-order valence-electron chi connectivity index (χ2n) is 7.58. The van der Waals surface area contributed by atoms with E-state index in [0.29, 0.717) is 5.56 Å². The normalized spacial score (nSPS) is 15.1.